The van der Waals surface area contributed by atoms with Crippen LogP contribution in [-0.4, -0.2) is 12.6 Å². The van der Waals surface area contributed by atoms with E-state index in [0.717, 1.165) is 12.1 Å². The highest BCUT2D eigenvalue weighted by molar-refractivity contribution is 5.81. The fraction of sp³-hybridized carbons (Fsp3) is 0.429. The Bertz CT molecular complexity index is 488. The van der Waals surface area contributed by atoms with Gasteiger partial charge in [-0.3, -0.25) is 0 Å². The monoisotopic (exact) mass is 215 g/mol. The fourth-order valence-corrected chi connectivity index (χ4v) is 2.79. The van der Waals surface area contributed by atoms with Crippen LogP contribution in [0.15, 0.2) is 34.9 Å². The number of benzene rings is 1. The number of rotatable bonds is 1. The number of hydrogen-bond donors (Lipinski definition) is 1. The molecule has 1 aromatic heterocycles. The lowest BCUT2D eigenvalue weighted by atomic mass is 9.85. The van der Waals surface area contributed by atoms with Crippen molar-refractivity contribution in [3.8, 4) is 0 Å². The first-order chi connectivity index (χ1) is 7.84. The van der Waals surface area contributed by atoms with Crippen molar-refractivity contribution in [3.05, 3.63) is 36.1 Å². The van der Waals surface area contributed by atoms with Gasteiger partial charge in [-0.1, -0.05) is 12.1 Å². The first-order valence-corrected chi connectivity index (χ1v) is 6.04. The van der Waals surface area contributed by atoms with Crippen LogP contribution in [0.25, 0.3) is 11.0 Å². The largest absolute Gasteiger partial charge is 0.464 e. The number of piperidine rings is 1. The van der Waals surface area contributed by atoms with Crippen molar-refractivity contribution in [1.82, 2.24) is 5.32 Å². The molecule has 84 valence electrons. The lowest BCUT2D eigenvalue weighted by Crippen LogP contribution is -2.34. The first-order valence-electron chi connectivity index (χ1n) is 6.04. The van der Waals surface area contributed by atoms with Crippen LogP contribution >= 0.6 is 0 Å². The molecule has 1 saturated heterocycles. The lowest BCUT2D eigenvalue weighted by Gasteiger charge is -2.28. The van der Waals surface area contributed by atoms with Crippen molar-refractivity contribution >= 4 is 11.0 Å². The van der Waals surface area contributed by atoms with Gasteiger partial charge in [0.15, 0.2) is 0 Å². The van der Waals surface area contributed by atoms with Crippen LogP contribution in [0.5, 0.6) is 0 Å². The van der Waals surface area contributed by atoms with Crippen LogP contribution in [0.3, 0.4) is 0 Å². The van der Waals surface area contributed by atoms with Gasteiger partial charge >= 0.3 is 0 Å². The molecule has 2 aromatic rings. The minimum atomic E-state index is 0.626. The molecule has 1 aromatic carbocycles. The van der Waals surface area contributed by atoms with Crippen LogP contribution in [0, 0.1) is 0 Å². The van der Waals surface area contributed by atoms with Gasteiger partial charge in [-0.15, -0.1) is 0 Å². The topological polar surface area (TPSA) is 25.2 Å². The molecule has 0 saturated carbocycles. The Balaban J connectivity index is 2.01. The summed E-state index contributed by atoms with van der Waals surface area (Å²) < 4.78 is 5.46. The van der Waals surface area contributed by atoms with Crippen LogP contribution in [-0.2, 0) is 0 Å². The zero-order valence-electron chi connectivity index (χ0n) is 9.57. The molecule has 1 aliphatic heterocycles. The molecule has 0 aliphatic carbocycles. The molecular formula is C14H17NO. The normalized spacial score (nSPS) is 26.1. The Morgan fingerprint density at radius 2 is 2.25 bits per heavy atom. The molecule has 1 fully saturated rings. The van der Waals surface area contributed by atoms with E-state index in [1.165, 1.54) is 23.8 Å². The summed E-state index contributed by atoms with van der Waals surface area (Å²) in [6.45, 7) is 3.39. The van der Waals surface area contributed by atoms with Crippen LogP contribution in [0.4, 0.5) is 0 Å². The maximum atomic E-state index is 5.46. The number of furan rings is 1. The van der Waals surface area contributed by atoms with Crippen molar-refractivity contribution in [3.63, 3.8) is 0 Å². The molecule has 0 radical (unpaired) electrons. The third-order valence-electron chi connectivity index (χ3n) is 3.59. The average molecular weight is 215 g/mol. The Labute approximate surface area is 95.6 Å². The first kappa shape index (κ1) is 9.91. The van der Waals surface area contributed by atoms with Gasteiger partial charge in [0, 0.05) is 11.4 Å². The van der Waals surface area contributed by atoms with Gasteiger partial charge < -0.3 is 9.73 Å². The van der Waals surface area contributed by atoms with Crippen molar-refractivity contribution in [2.75, 3.05) is 6.54 Å². The van der Waals surface area contributed by atoms with Gasteiger partial charge in [0.25, 0.3) is 0 Å². The molecule has 16 heavy (non-hydrogen) atoms. The van der Waals surface area contributed by atoms with E-state index in [1.807, 2.05) is 6.07 Å². The maximum absolute atomic E-state index is 5.46. The van der Waals surface area contributed by atoms with E-state index in [2.05, 4.69) is 30.4 Å². The minimum Gasteiger partial charge on any atom is -0.464 e. The zero-order valence-corrected chi connectivity index (χ0v) is 9.57. The van der Waals surface area contributed by atoms with Crippen molar-refractivity contribution in [2.45, 2.75) is 31.7 Å². The standard InChI is InChI=1S/C14H17NO/c1-10-9-11(5-7-15-10)12-3-2-4-14-13(12)6-8-16-14/h2-4,6,8,10-11,15H,5,7,9H2,1H3/t10-,11-/m0/s1. The third-order valence-corrected chi connectivity index (χ3v) is 3.59. The summed E-state index contributed by atoms with van der Waals surface area (Å²) in [7, 11) is 0. The van der Waals surface area contributed by atoms with E-state index in [9.17, 15) is 0 Å². The Morgan fingerprint density at radius 1 is 1.31 bits per heavy atom. The highest BCUT2D eigenvalue weighted by atomic mass is 16.3. The number of fused-ring (bicyclic) bond motifs is 1. The van der Waals surface area contributed by atoms with Crippen LogP contribution < -0.4 is 5.32 Å². The molecule has 2 atom stereocenters. The van der Waals surface area contributed by atoms with E-state index < -0.39 is 0 Å². The second-order valence-corrected chi connectivity index (χ2v) is 4.76. The molecule has 0 spiro atoms. The molecule has 2 heteroatoms. The molecule has 3 rings (SSSR count). The Morgan fingerprint density at radius 3 is 3.12 bits per heavy atom. The fourth-order valence-electron chi connectivity index (χ4n) is 2.79. The van der Waals surface area contributed by atoms with Gasteiger partial charge in [-0.25, -0.2) is 0 Å². The van der Waals surface area contributed by atoms with Gasteiger partial charge in [-0.05, 0) is 49.9 Å². The molecule has 0 amide bonds. The Hall–Kier alpha value is -1.28. The summed E-state index contributed by atoms with van der Waals surface area (Å²) in [6, 6.07) is 9.12. The third kappa shape index (κ3) is 1.63. The molecule has 0 bridgehead atoms. The second kappa shape index (κ2) is 3.95. The number of nitrogens with one attached hydrogen (secondary N) is 1. The molecule has 2 nitrogen and oxygen atoms in total. The number of hydrogen-bond acceptors (Lipinski definition) is 2. The minimum absolute atomic E-state index is 0.626. The van der Waals surface area contributed by atoms with Gasteiger partial charge in [0.05, 0.1) is 6.26 Å². The summed E-state index contributed by atoms with van der Waals surface area (Å²) in [5.74, 6) is 0.678. The summed E-state index contributed by atoms with van der Waals surface area (Å²) >= 11 is 0. The molecule has 0 unspecified atom stereocenters. The summed E-state index contributed by atoms with van der Waals surface area (Å²) in [5, 5.41) is 4.79. The van der Waals surface area contributed by atoms with Crippen LogP contribution in [0.2, 0.25) is 0 Å². The molecule has 1 aliphatic rings. The summed E-state index contributed by atoms with van der Waals surface area (Å²) in [6.07, 6.45) is 4.25. The molecule has 2 heterocycles. The lowest BCUT2D eigenvalue weighted by molar-refractivity contribution is 0.382. The average Bonchev–Trinajstić information content (AvgIpc) is 2.76. The van der Waals surface area contributed by atoms with Gasteiger partial charge in [0.2, 0.25) is 0 Å². The summed E-state index contributed by atoms with van der Waals surface area (Å²) in [5.41, 5.74) is 2.48. The molecular weight excluding hydrogens is 198 g/mol. The highest BCUT2D eigenvalue weighted by Crippen LogP contribution is 2.33. The second-order valence-electron chi connectivity index (χ2n) is 4.76. The van der Waals surface area contributed by atoms with Crippen LogP contribution in [0.1, 0.15) is 31.2 Å². The van der Waals surface area contributed by atoms with E-state index in [4.69, 9.17) is 4.42 Å². The quantitative estimate of drug-likeness (QED) is 0.789. The highest BCUT2D eigenvalue weighted by Gasteiger charge is 2.21. The zero-order chi connectivity index (χ0) is 11.0. The predicted molar refractivity (Wildman–Crippen MR) is 65.7 cm³/mol. The van der Waals surface area contributed by atoms with E-state index >= 15 is 0 Å². The SMILES string of the molecule is C[C@H]1C[C@@H](c2cccc3occc23)CCN1. The summed E-state index contributed by atoms with van der Waals surface area (Å²) in [4.78, 5) is 0. The van der Waals surface area contributed by atoms with Gasteiger partial charge in [0.1, 0.15) is 5.58 Å². The smallest absolute Gasteiger partial charge is 0.134 e. The van der Waals surface area contributed by atoms with Gasteiger partial charge in [-0.2, -0.15) is 0 Å². The maximum Gasteiger partial charge on any atom is 0.134 e. The van der Waals surface area contributed by atoms with E-state index in [-0.39, 0.29) is 0 Å². The Kier molecular flexibility index (Phi) is 2.44. The predicted octanol–water partition coefficient (Wildman–Crippen LogP) is 3.29. The van der Waals surface area contributed by atoms with Crippen molar-refractivity contribution < 1.29 is 4.42 Å². The van der Waals surface area contributed by atoms with Crippen molar-refractivity contribution in [2.24, 2.45) is 0 Å². The van der Waals surface area contributed by atoms with Crippen molar-refractivity contribution in [1.29, 1.82) is 0 Å². The molecule has 1 N–H and O–H groups in total. The van der Waals surface area contributed by atoms with E-state index in [1.54, 1.807) is 6.26 Å². The van der Waals surface area contributed by atoms with E-state index in [0.29, 0.717) is 12.0 Å².